The van der Waals surface area contributed by atoms with E-state index in [2.05, 4.69) is 33.0 Å². The van der Waals surface area contributed by atoms with Gasteiger partial charge in [0, 0.05) is 18.1 Å². The monoisotopic (exact) mass is 198 g/mol. The zero-order valence-corrected chi connectivity index (χ0v) is 10.2. The summed E-state index contributed by atoms with van der Waals surface area (Å²) in [5.41, 5.74) is 6.34. The number of rotatable bonds is 3. The third kappa shape index (κ3) is 3.58. The predicted molar refractivity (Wildman–Crippen MR) is 62.3 cm³/mol. The normalized spacial score (nSPS) is 27.6. The molecule has 0 heterocycles. The van der Waals surface area contributed by atoms with E-state index in [9.17, 15) is 0 Å². The fraction of sp³-hybridized carbons (Fsp3) is 1.00. The Labute approximate surface area is 88.6 Å². The quantitative estimate of drug-likeness (QED) is 0.730. The molecular formula is C12H26N2. The summed E-state index contributed by atoms with van der Waals surface area (Å²) in [4.78, 5) is 0. The van der Waals surface area contributed by atoms with E-state index in [1.165, 1.54) is 25.7 Å². The molecule has 84 valence electrons. The van der Waals surface area contributed by atoms with Crippen LogP contribution in [0.4, 0.5) is 0 Å². The molecule has 1 atom stereocenters. The summed E-state index contributed by atoms with van der Waals surface area (Å²) >= 11 is 0. The summed E-state index contributed by atoms with van der Waals surface area (Å²) < 4.78 is 0. The van der Waals surface area contributed by atoms with Crippen LogP contribution in [-0.2, 0) is 0 Å². The first-order valence-corrected chi connectivity index (χ1v) is 5.83. The first-order chi connectivity index (χ1) is 6.31. The van der Waals surface area contributed by atoms with Crippen molar-refractivity contribution in [1.82, 2.24) is 5.32 Å². The van der Waals surface area contributed by atoms with Crippen LogP contribution in [0.3, 0.4) is 0 Å². The van der Waals surface area contributed by atoms with Gasteiger partial charge in [-0.1, -0.05) is 26.7 Å². The second-order valence-electron chi connectivity index (χ2n) is 6.16. The molecule has 1 fully saturated rings. The molecule has 1 saturated carbocycles. The van der Waals surface area contributed by atoms with Crippen molar-refractivity contribution in [2.75, 3.05) is 6.54 Å². The van der Waals surface area contributed by atoms with E-state index in [4.69, 9.17) is 5.73 Å². The predicted octanol–water partition coefficient (Wildman–Crippen LogP) is 2.28. The molecule has 3 N–H and O–H groups in total. The van der Waals surface area contributed by atoms with Gasteiger partial charge in [-0.2, -0.15) is 0 Å². The Morgan fingerprint density at radius 2 is 2.00 bits per heavy atom. The number of nitrogens with one attached hydrogen (secondary N) is 1. The molecule has 14 heavy (non-hydrogen) atoms. The zero-order valence-electron chi connectivity index (χ0n) is 10.2. The molecule has 0 saturated heterocycles. The van der Waals surface area contributed by atoms with Crippen LogP contribution >= 0.6 is 0 Å². The van der Waals surface area contributed by atoms with Gasteiger partial charge in [-0.3, -0.25) is 0 Å². The van der Waals surface area contributed by atoms with Crippen LogP contribution in [0.2, 0.25) is 0 Å². The van der Waals surface area contributed by atoms with Gasteiger partial charge >= 0.3 is 0 Å². The summed E-state index contributed by atoms with van der Waals surface area (Å²) in [7, 11) is 0. The van der Waals surface area contributed by atoms with Gasteiger partial charge in [-0.15, -0.1) is 0 Å². The third-order valence-electron chi connectivity index (χ3n) is 3.31. The molecule has 1 aliphatic carbocycles. The highest BCUT2D eigenvalue weighted by Crippen LogP contribution is 2.35. The van der Waals surface area contributed by atoms with Crippen LogP contribution in [0.5, 0.6) is 0 Å². The van der Waals surface area contributed by atoms with Gasteiger partial charge in [-0.05, 0) is 32.1 Å². The minimum atomic E-state index is -0.0898. The van der Waals surface area contributed by atoms with Gasteiger partial charge in [0.15, 0.2) is 0 Å². The molecule has 0 amide bonds. The second-order valence-corrected chi connectivity index (χ2v) is 6.16. The SMILES string of the molecule is CC(C)(N)CNC1CCCCC1(C)C. The van der Waals surface area contributed by atoms with E-state index < -0.39 is 0 Å². The first-order valence-electron chi connectivity index (χ1n) is 5.83. The van der Waals surface area contributed by atoms with Crippen LogP contribution in [0, 0.1) is 5.41 Å². The molecule has 0 aliphatic heterocycles. The number of hydrogen-bond acceptors (Lipinski definition) is 2. The minimum absolute atomic E-state index is 0.0898. The largest absolute Gasteiger partial charge is 0.324 e. The second kappa shape index (κ2) is 4.19. The van der Waals surface area contributed by atoms with Gasteiger partial charge in [-0.25, -0.2) is 0 Å². The molecule has 1 unspecified atom stereocenters. The van der Waals surface area contributed by atoms with E-state index in [-0.39, 0.29) is 5.54 Å². The summed E-state index contributed by atoms with van der Waals surface area (Å²) in [6.45, 7) is 9.81. The third-order valence-corrected chi connectivity index (χ3v) is 3.31. The summed E-state index contributed by atoms with van der Waals surface area (Å²) in [6.07, 6.45) is 5.40. The summed E-state index contributed by atoms with van der Waals surface area (Å²) in [5, 5.41) is 3.63. The molecular weight excluding hydrogens is 172 g/mol. The van der Waals surface area contributed by atoms with E-state index in [0.717, 1.165) is 6.54 Å². The van der Waals surface area contributed by atoms with Crippen molar-refractivity contribution in [3.05, 3.63) is 0 Å². The molecule has 1 aliphatic rings. The lowest BCUT2D eigenvalue weighted by Gasteiger charge is -2.40. The van der Waals surface area contributed by atoms with E-state index in [1.807, 2.05) is 0 Å². The lowest BCUT2D eigenvalue weighted by atomic mass is 9.73. The highest BCUT2D eigenvalue weighted by molar-refractivity contribution is 4.89. The van der Waals surface area contributed by atoms with Crippen molar-refractivity contribution in [3.8, 4) is 0 Å². The van der Waals surface area contributed by atoms with Crippen molar-refractivity contribution in [2.24, 2.45) is 11.1 Å². The average molecular weight is 198 g/mol. The number of nitrogens with two attached hydrogens (primary N) is 1. The summed E-state index contributed by atoms with van der Waals surface area (Å²) in [6, 6.07) is 0.652. The van der Waals surface area contributed by atoms with Gasteiger partial charge in [0.05, 0.1) is 0 Å². The maximum Gasteiger partial charge on any atom is 0.0223 e. The Bertz CT molecular complexity index is 179. The van der Waals surface area contributed by atoms with Crippen molar-refractivity contribution in [1.29, 1.82) is 0 Å². The minimum Gasteiger partial charge on any atom is -0.324 e. The topological polar surface area (TPSA) is 38.0 Å². The fourth-order valence-electron chi connectivity index (χ4n) is 2.26. The fourth-order valence-corrected chi connectivity index (χ4v) is 2.26. The molecule has 2 nitrogen and oxygen atoms in total. The van der Waals surface area contributed by atoms with Gasteiger partial charge in [0.25, 0.3) is 0 Å². The maximum atomic E-state index is 5.98. The van der Waals surface area contributed by atoms with Gasteiger partial charge in [0.1, 0.15) is 0 Å². The lowest BCUT2D eigenvalue weighted by molar-refractivity contribution is 0.162. The number of hydrogen-bond donors (Lipinski definition) is 2. The lowest BCUT2D eigenvalue weighted by Crippen LogP contribution is -2.51. The highest BCUT2D eigenvalue weighted by Gasteiger charge is 2.32. The molecule has 0 aromatic rings. The van der Waals surface area contributed by atoms with Crippen molar-refractivity contribution in [3.63, 3.8) is 0 Å². The van der Waals surface area contributed by atoms with Crippen LogP contribution in [0.1, 0.15) is 53.4 Å². The van der Waals surface area contributed by atoms with Crippen LogP contribution in [0.15, 0.2) is 0 Å². The van der Waals surface area contributed by atoms with Crippen molar-refractivity contribution < 1.29 is 0 Å². The molecule has 0 aromatic heterocycles. The Kier molecular flexibility index (Phi) is 3.59. The molecule has 0 radical (unpaired) electrons. The Morgan fingerprint density at radius 1 is 1.36 bits per heavy atom. The van der Waals surface area contributed by atoms with Crippen molar-refractivity contribution in [2.45, 2.75) is 65.0 Å². The maximum absolute atomic E-state index is 5.98. The molecule has 1 rings (SSSR count). The molecule has 0 spiro atoms. The Hall–Kier alpha value is -0.0800. The van der Waals surface area contributed by atoms with Gasteiger partial charge in [0.2, 0.25) is 0 Å². The van der Waals surface area contributed by atoms with Gasteiger partial charge < -0.3 is 11.1 Å². The molecule has 2 heteroatoms. The van der Waals surface area contributed by atoms with Crippen LogP contribution in [0.25, 0.3) is 0 Å². The molecule has 0 aromatic carbocycles. The first kappa shape index (κ1) is 12.0. The van der Waals surface area contributed by atoms with E-state index in [0.29, 0.717) is 11.5 Å². The van der Waals surface area contributed by atoms with E-state index >= 15 is 0 Å². The Morgan fingerprint density at radius 3 is 2.50 bits per heavy atom. The Balaban J connectivity index is 2.42. The molecule has 0 bridgehead atoms. The van der Waals surface area contributed by atoms with E-state index in [1.54, 1.807) is 0 Å². The zero-order chi connectivity index (χ0) is 10.8. The summed E-state index contributed by atoms with van der Waals surface area (Å²) in [5.74, 6) is 0. The van der Waals surface area contributed by atoms with Crippen molar-refractivity contribution >= 4 is 0 Å². The van der Waals surface area contributed by atoms with Crippen LogP contribution in [-0.4, -0.2) is 18.1 Å². The highest BCUT2D eigenvalue weighted by atomic mass is 15.0. The average Bonchev–Trinajstić information content (AvgIpc) is 2.00. The van der Waals surface area contributed by atoms with Crippen LogP contribution < -0.4 is 11.1 Å². The smallest absolute Gasteiger partial charge is 0.0223 e. The standard InChI is InChI=1S/C12H26N2/c1-11(2)8-6-5-7-10(11)14-9-12(3,4)13/h10,14H,5-9,13H2,1-4H3.